The fourth-order valence-corrected chi connectivity index (χ4v) is 2.43. The Morgan fingerprint density at radius 2 is 1.84 bits per heavy atom. The number of hydrogen-bond donors (Lipinski definition) is 1. The molecule has 0 unspecified atom stereocenters. The molecule has 0 amide bonds. The quantitative estimate of drug-likeness (QED) is 0.935. The third-order valence-corrected chi connectivity index (χ3v) is 3.72. The molecule has 1 aromatic heterocycles. The van der Waals surface area contributed by atoms with E-state index in [0.29, 0.717) is 16.6 Å². The van der Waals surface area contributed by atoms with Crippen LogP contribution in [0.5, 0.6) is 0 Å². The smallest absolute Gasteiger partial charge is 0.255 e. The highest BCUT2D eigenvalue weighted by Crippen LogP contribution is 2.37. The predicted octanol–water partition coefficient (Wildman–Crippen LogP) is 2.96. The molecule has 1 heterocycles. The molecule has 1 fully saturated rings. The Bertz CT molecular complexity index is 657. The van der Waals surface area contributed by atoms with Gasteiger partial charge in [0, 0.05) is 23.2 Å². The summed E-state index contributed by atoms with van der Waals surface area (Å²) < 4.78 is 1.88. The summed E-state index contributed by atoms with van der Waals surface area (Å²) in [6.45, 7) is 0.284. The zero-order chi connectivity index (χ0) is 13.4. The number of rotatable bonds is 3. The summed E-state index contributed by atoms with van der Waals surface area (Å²) in [5.74, 6) is 0. The summed E-state index contributed by atoms with van der Waals surface area (Å²) in [6, 6.07) is 11.7. The standard InChI is InChI=1S/C15H15ClN2O/c16-12-4-1-10(2-5-12)14-8-3-11(9-17)15(19)18(14)13-6-7-13/h1-5,8,13H,6-7,9,17H2. The van der Waals surface area contributed by atoms with Crippen LogP contribution in [0.15, 0.2) is 41.2 Å². The van der Waals surface area contributed by atoms with Gasteiger partial charge in [-0.1, -0.05) is 29.8 Å². The number of halogens is 1. The Morgan fingerprint density at radius 3 is 2.42 bits per heavy atom. The van der Waals surface area contributed by atoms with Crippen LogP contribution in [-0.4, -0.2) is 4.57 Å². The van der Waals surface area contributed by atoms with Gasteiger partial charge in [0.05, 0.1) is 5.69 Å². The second-order valence-corrected chi connectivity index (χ2v) is 5.30. The van der Waals surface area contributed by atoms with Crippen molar-refractivity contribution in [2.75, 3.05) is 0 Å². The first-order valence-electron chi connectivity index (χ1n) is 6.41. The van der Waals surface area contributed by atoms with E-state index in [0.717, 1.165) is 24.1 Å². The zero-order valence-electron chi connectivity index (χ0n) is 10.5. The summed E-state index contributed by atoms with van der Waals surface area (Å²) in [5, 5.41) is 0.697. The lowest BCUT2D eigenvalue weighted by Gasteiger charge is -2.14. The Hall–Kier alpha value is -1.58. The molecule has 2 N–H and O–H groups in total. The summed E-state index contributed by atoms with van der Waals surface area (Å²) in [6.07, 6.45) is 2.13. The summed E-state index contributed by atoms with van der Waals surface area (Å²) in [7, 11) is 0. The van der Waals surface area contributed by atoms with Crippen LogP contribution in [0.4, 0.5) is 0 Å². The predicted molar refractivity (Wildman–Crippen MR) is 77.3 cm³/mol. The fourth-order valence-electron chi connectivity index (χ4n) is 2.30. The highest BCUT2D eigenvalue weighted by Gasteiger charge is 2.27. The molecule has 0 spiro atoms. The third kappa shape index (κ3) is 2.31. The van der Waals surface area contributed by atoms with Crippen LogP contribution in [0, 0.1) is 0 Å². The number of nitrogens with zero attached hydrogens (tertiary/aromatic N) is 1. The monoisotopic (exact) mass is 274 g/mol. The minimum Gasteiger partial charge on any atom is -0.326 e. The lowest BCUT2D eigenvalue weighted by atomic mass is 10.1. The van der Waals surface area contributed by atoms with Gasteiger partial charge in [-0.15, -0.1) is 0 Å². The van der Waals surface area contributed by atoms with E-state index in [-0.39, 0.29) is 12.1 Å². The lowest BCUT2D eigenvalue weighted by Crippen LogP contribution is -2.25. The molecule has 4 heteroatoms. The molecule has 1 aliphatic rings. The first-order valence-corrected chi connectivity index (χ1v) is 6.79. The normalized spacial score (nSPS) is 14.6. The maximum absolute atomic E-state index is 12.4. The average Bonchev–Trinajstić information content (AvgIpc) is 3.23. The molecule has 0 atom stereocenters. The van der Waals surface area contributed by atoms with Gasteiger partial charge < -0.3 is 10.3 Å². The highest BCUT2D eigenvalue weighted by molar-refractivity contribution is 6.30. The van der Waals surface area contributed by atoms with E-state index < -0.39 is 0 Å². The molecule has 3 nitrogen and oxygen atoms in total. The van der Waals surface area contributed by atoms with Crippen LogP contribution in [0.1, 0.15) is 24.4 Å². The van der Waals surface area contributed by atoms with Gasteiger partial charge >= 0.3 is 0 Å². The first-order chi connectivity index (χ1) is 9.20. The Balaban J connectivity index is 2.18. The number of hydrogen-bond acceptors (Lipinski definition) is 2. The maximum atomic E-state index is 12.4. The van der Waals surface area contributed by atoms with Gasteiger partial charge in [0.2, 0.25) is 0 Å². The second-order valence-electron chi connectivity index (χ2n) is 4.86. The van der Waals surface area contributed by atoms with Crippen molar-refractivity contribution in [2.45, 2.75) is 25.4 Å². The summed E-state index contributed by atoms with van der Waals surface area (Å²) in [4.78, 5) is 12.4. The fraction of sp³-hybridized carbons (Fsp3) is 0.267. The van der Waals surface area contributed by atoms with E-state index in [4.69, 9.17) is 17.3 Å². The van der Waals surface area contributed by atoms with E-state index in [9.17, 15) is 4.79 Å². The van der Waals surface area contributed by atoms with E-state index in [2.05, 4.69) is 0 Å². The number of aromatic nitrogens is 1. The second kappa shape index (κ2) is 4.83. The van der Waals surface area contributed by atoms with Crippen LogP contribution < -0.4 is 11.3 Å². The van der Waals surface area contributed by atoms with Crippen molar-refractivity contribution in [3.8, 4) is 11.3 Å². The first kappa shape index (κ1) is 12.5. The molecule has 0 bridgehead atoms. The molecule has 1 saturated carbocycles. The SMILES string of the molecule is NCc1ccc(-c2ccc(Cl)cc2)n(C2CC2)c1=O. The minimum atomic E-state index is 0.0393. The van der Waals surface area contributed by atoms with Gasteiger partial charge in [0.15, 0.2) is 0 Å². The zero-order valence-corrected chi connectivity index (χ0v) is 11.2. The van der Waals surface area contributed by atoms with Crippen LogP contribution >= 0.6 is 11.6 Å². The van der Waals surface area contributed by atoms with Gasteiger partial charge in [-0.2, -0.15) is 0 Å². The Labute approximate surface area is 116 Å². The molecule has 0 saturated heterocycles. The van der Waals surface area contributed by atoms with Crippen LogP contribution in [0.2, 0.25) is 5.02 Å². The number of pyridine rings is 1. The largest absolute Gasteiger partial charge is 0.326 e. The summed E-state index contributed by atoms with van der Waals surface area (Å²) >= 11 is 5.91. The van der Waals surface area contributed by atoms with E-state index in [1.165, 1.54) is 0 Å². The van der Waals surface area contributed by atoms with Crippen molar-refractivity contribution in [2.24, 2.45) is 5.73 Å². The van der Waals surface area contributed by atoms with Gasteiger partial charge in [-0.05, 0) is 36.6 Å². The van der Waals surface area contributed by atoms with Crippen LogP contribution in [-0.2, 0) is 6.54 Å². The van der Waals surface area contributed by atoms with Gasteiger partial charge in [0.1, 0.15) is 0 Å². The van der Waals surface area contributed by atoms with Crippen LogP contribution in [0.3, 0.4) is 0 Å². The molecular formula is C15H15ClN2O. The van der Waals surface area contributed by atoms with E-state index in [1.54, 1.807) is 0 Å². The topological polar surface area (TPSA) is 48.0 Å². The van der Waals surface area contributed by atoms with Crippen molar-refractivity contribution < 1.29 is 0 Å². The van der Waals surface area contributed by atoms with Gasteiger partial charge in [-0.3, -0.25) is 4.79 Å². The molecule has 98 valence electrons. The summed E-state index contributed by atoms with van der Waals surface area (Å²) in [5.41, 5.74) is 8.28. The van der Waals surface area contributed by atoms with Gasteiger partial charge in [-0.25, -0.2) is 0 Å². The molecular weight excluding hydrogens is 260 g/mol. The van der Waals surface area contributed by atoms with Gasteiger partial charge in [0.25, 0.3) is 5.56 Å². The molecule has 1 aliphatic carbocycles. The molecule has 19 heavy (non-hydrogen) atoms. The van der Waals surface area contributed by atoms with Crippen molar-refractivity contribution in [3.63, 3.8) is 0 Å². The number of benzene rings is 1. The lowest BCUT2D eigenvalue weighted by molar-refractivity contribution is 0.704. The molecule has 3 rings (SSSR count). The van der Waals surface area contributed by atoms with Crippen molar-refractivity contribution in [1.82, 2.24) is 4.57 Å². The minimum absolute atomic E-state index is 0.0393. The third-order valence-electron chi connectivity index (χ3n) is 3.47. The molecule has 2 aromatic rings. The molecule has 0 radical (unpaired) electrons. The van der Waals surface area contributed by atoms with E-state index in [1.807, 2.05) is 41.0 Å². The highest BCUT2D eigenvalue weighted by atomic mass is 35.5. The van der Waals surface area contributed by atoms with Crippen LogP contribution in [0.25, 0.3) is 11.3 Å². The average molecular weight is 275 g/mol. The maximum Gasteiger partial charge on any atom is 0.255 e. The molecule has 1 aromatic carbocycles. The Kier molecular flexibility index (Phi) is 3.17. The van der Waals surface area contributed by atoms with Crippen molar-refractivity contribution in [1.29, 1.82) is 0 Å². The number of nitrogens with two attached hydrogens (primary N) is 1. The van der Waals surface area contributed by atoms with E-state index >= 15 is 0 Å². The van der Waals surface area contributed by atoms with Crippen molar-refractivity contribution >= 4 is 11.6 Å². The van der Waals surface area contributed by atoms with Crippen molar-refractivity contribution in [3.05, 3.63) is 57.3 Å². The Morgan fingerprint density at radius 1 is 1.16 bits per heavy atom. The molecule has 0 aliphatic heterocycles.